The van der Waals surface area contributed by atoms with Crippen molar-refractivity contribution in [2.24, 2.45) is 0 Å². The Labute approximate surface area is 175 Å². The summed E-state index contributed by atoms with van der Waals surface area (Å²) in [5.41, 5.74) is 1.45. The Hall–Kier alpha value is -3.59. The van der Waals surface area contributed by atoms with Gasteiger partial charge in [-0.25, -0.2) is 0 Å². The lowest BCUT2D eigenvalue weighted by atomic mass is 10.1. The second kappa shape index (κ2) is 8.03. The van der Waals surface area contributed by atoms with Crippen LogP contribution in [0.1, 0.15) is 16.1 Å². The van der Waals surface area contributed by atoms with Gasteiger partial charge in [-0.1, -0.05) is 11.8 Å². The molecule has 1 aromatic carbocycles. The number of aromatic nitrogens is 4. The topological polar surface area (TPSA) is 92.3 Å². The van der Waals surface area contributed by atoms with Crippen LogP contribution in [-0.2, 0) is 6.54 Å². The summed E-state index contributed by atoms with van der Waals surface area (Å²) in [5.74, 6) is 2.88. The number of carbonyl (C=O) groups is 1. The molecule has 0 atom stereocenters. The summed E-state index contributed by atoms with van der Waals surface area (Å²) in [7, 11) is 0. The maximum atomic E-state index is 12.7. The number of nitrogens with zero attached hydrogens (tertiary/aromatic N) is 4. The number of ketones is 1. The van der Waals surface area contributed by atoms with Crippen LogP contribution in [0.5, 0.6) is 11.5 Å². The van der Waals surface area contributed by atoms with Crippen molar-refractivity contribution in [2.45, 2.75) is 11.7 Å². The zero-order valence-corrected chi connectivity index (χ0v) is 16.5. The van der Waals surface area contributed by atoms with Crippen molar-refractivity contribution < 1.29 is 18.7 Å². The van der Waals surface area contributed by atoms with Crippen LogP contribution in [0.4, 0.5) is 0 Å². The molecule has 5 rings (SSSR count). The molecule has 8 nitrogen and oxygen atoms in total. The number of furan rings is 1. The van der Waals surface area contributed by atoms with Gasteiger partial charge in [-0.2, -0.15) is 0 Å². The number of fused-ring (bicyclic) bond motifs is 1. The van der Waals surface area contributed by atoms with Gasteiger partial charge in [0.1, 0.15) is 5.76 Å². The van der Waals surface area contributed by atoms with Gasteiger partial charge < -0.3 is 13.9 Å². The molecule has 0 unspecified atom stereocenters. The van der Waals surface area contributed by atoms with Crippen molar-refractivity contribution in [1.82, 2.24) is 19.7 Å². The molecule has 4 heterocycles. The van der Waals surface area contributed by atoms with Crippen molar-refractivity contribution in [3.8, 4) is 22.9 Å². The molecule has 1 aliphatic heterocycles. The van der Waals surface area contributed by atoms with Crippen molar-refractivity contribution in [3.63, 3.8) is 0 Å². The number of hydrogen-bond donors (Lipinski definition) is 0. The number of ether oxygens (including phenoxy) is 2. The van der Waals surface area contributed by atoms with Crippen molar-refractivity contribution in [1.29, 1.82) is 0 Å². The molecule has 0 saturated carbocycles. The summed E-state index contributed by atoms with van der Waals surface area (Å²) in [6, 6.07) is 12.7. The number of hydrogen-bond acceptors (Lipinski definition) is 8. The third kappa shape index (κ3) is 3.67. The van der Waals surface area contributed by atoms with Crippen LogP contribution in [-0.4, -0.2) is 38.1 Å². The van der Waals surface area contributed by atoms with E-state index in [1.54, 1.807) is 36.9 Å². The standard InChI is InChI=1S/C21H16N4O4S/c26-17(15-3-4-18-19(10-15)29-13-28-18)12-30-21-24-23-20(14-5-7-22-8-6-14)25(21)11-16-2-1-9-27-16/h1-10H,11-13H2. The van der Waals surface area contributed by atoms with Crippen LogP contribution in [0.2, 0.25) is 0 Å². The highest BCUT2D eigenvalue weighted by Crippen LogP contribution is 2.33. The molecule has 0 aliphatic carbocycles. The summed E-state index contributed by atoms with van der Waals surface area (Å²) in [4.78, 5) is 16.8. The minimum absolute atomic E-state index is 0.0312. The zero-order chi connectivity index (χ0) is 20.3. The summed E-state index contributed by atoms with van der Waals surface area (Å²) in [6.45, 7) is 0.633. The lowest BCUT2D eigenvalue weighted by Crippen LogP contribution is -2.07. The molecule has 0 N–H and O–H groups in total. The van der Waals surface area contributed by atoms with E-state index in [0.29, 0.717) is 34.6 Å². The minimum Gasteiger partial charge on any atom is -0.467 e. The highest BCUT2D eigenvalue weighted by molar-refractivity contribution is 7.99. The first-order valence-electron chi connectivity index (χ1n) is 9.19. The van der Waals surface area contributed by atoms with E-state index in [-0.39, 0.29) is 18.3 Å². The molecule has 0 amide bonds. The van der Waals surface area contributed by atoms with Gasteiger partial charge in [-0.15, -0.1) is 10.2 Å². The van der Waals surface area contributed by atoms with Gasteiger partial charge in [0, 0.05) is 23.5 Å². The van der Waals surface area contributed by atoms with Crippen molar-refractivity contribution in [2.75, 3.05) is 12.5 Å². The fourth-order valence-electron chi connectivity index (χ4n) is 3.09. The van der Waals surface area contributed by atoms with Gasteiger partial charge >= 0.3 is 0 Å². The Morgan fingerprint density at radius 1 is 1.07 bits per heavy atom. The fraction of sp³-hybridized carbons (Fsp3) is 0.143. The predicted octanol–water partition coefficient (Wildman–Crippen LogP) is 3.69. The highest BCUT2D eigenvalue weighted by Gasteiger charge is 2.19. The van der Waals surface area contributed by atoms with Crippen LogP contribution in [0.15, 0.2) is 70.7 Å². The maximum absolute atomic E-state index is 12.7. The van der Waals surface area contributed by atoms with Crippen LogP contribution in [0.3, 0.4) is 0 Å². The Bertz CT molecular complexity index is 1180. The second-order valence-corrected chi connectivity index (χ2v) is 7.43. The lowest BCUT2D eigenvalue weighted by Gasteiger charge is -2.09. The van der Waals surface area contributed by atoms with Crippen LogP contribution < -0.4 is 9.47 Å². The van der Waals surface area contributed by atoms with E-state index in [1.807, 2.05) is 28.8 Å². The third-order valence-corrected chi connectivity index (χ3v) is 5.54. The first-order valence-corrected chi connectivity index (χ1v) is 10.2. The molecule has 0 fully saturated rings. The first kappa shape index (κ1) is 18.4. The quantitative estimate of drug-likeness (QED) is 0.330. The molecule has 0 saturated heterocycles. The first-order chi connectivity index (χ1) is 14.8. The Morgan fingerprint density at radius 3 is 2.77 bits per heavy atom. The summed E-state index contributed by atoms with van der Waals surface area (Å²) >= 11 is 1.33. The van der Waals surface area contributed by atoms with Gasteiger partial charge in [0.2, 0.25) is 6.79 Å². The third-order valence-electron chi connectivity index (χ3n) is 4.58. The van der Waals surface area contributed by atoms with Gasteiger partial charge in [0.25, 0.3) is 0 Å². The van der Waals surface area contributed by atoms with Crippen LogP contribution in [0.25, 0.3) is 11.4 Å². The molecule has 9 heteroatoms. The maximum Gasteiger partial charge on any atom is 0.231 e. The summed E-state index contributed by atoms with van der Waals surface area (Å²) < 4.78 is 18.1. The van der Waals surface area contributed by atoms with E-state index in [2.05, 4.69) is 15.2 Å². The summed E-state index contributed by atoms with van der Waals surface area (Å²) in [6.07, 6.45) is 5.04. The Morgan fingerprint density at radius 2 is 1.93 bits per heavy atom. The van der Waals surface area contributed by atoms with E-state index in [4.69, 9.17) is 13.9 Å². The molecular formula is C21H16N4O4S. The molecule has 30 heavy (non-hydrogen) atoms. The van der Waals surface area contributed by atoms with Crippen molar-refractivity contribution >= 4 is 17.5 Å². The van der Waals surface area contributed by atoms with Crippen LogP contribution >= 0.6 is 11.8 Å². The number of pyridine rings is 1. The van der Waals surface area contributed by atoms with E-state index in [0.717, 1.165) is 11.3 Å². The number of rotatable bonds is 7. The van der Waals surface area contributed by atoms with E-state index in [9.17, 15) is 4.79 Å². The zero-order valence-electron chi connectivity index (χ0n) is 15.7. The average molecular weight is 420 g/mol. The molecule has 0 spiro atoms. The number of thioether (sulfide) groups is 1. The largest absolute Gasteiger partial charge is 0.467 e. The lowest BCUT2D eigenvalue weighted by molar-refractivity contribution is 0.102. The van der Waals surface area contributed by atoms with E-state index < -0.39 is 0 Å². The number of Topliss-reactive ketones (excluding diaryl/α,β-unsaturated/α-hetero) is 1. The smallest absolute Gasteiger partial charge is 0.231 e. The monoisotopic (exact) mass is 420 g/mol. The van der Waals surface area contributed by atoms with Gasteiger partial charge in [0.05, 0.1) is 18.6 Å². The SMILES string of the molecule is O=C(CSc1nnc(-c2ccncc2)n1Cc1ccco1)c1ccc2c(c1)OCO2. The van der Waals surface area contributed by atoms with E-state index >= 15 is 0 Å². The predicted molar refractivity (Wildman–Crippen MR) is 109 cm³/mol. The Balaban J connectivity index is 1.38. The normalized spacial score (nSPS) is 12.3. The van der Waals surface area contributed by atoms with E-state index in [1.165, 1.54) is 11.8 Å². The number of benzene rings is 1. The van der Waals surface area contributed by atoms with Crippen molar-refractivity contribution in [3.05, 3.63) is 72.4 Å². The molecule has 0 radical (unpaired) electrons. The minimum atomic E-state index is -0.0312. The second-order valence-electron chi connectivity index (χ2n) is 6.49. The average Bonchev–Trinajstić information content (AvgIpc) is 3.54. The molecule has 4 aromatic rings. The van der Waals surface area contributed by atoms with Gasteiger partial charge in [0.15, 0.2) is 28.3 Å². The summed E-state index contributed by atoms with van der Waals surface area (Å²) in [5, 5.41) is 9.28. The molecule has 0 bridgehead atoms. The highest BCUT2D eigenvalue weighted by atomic mass is 32.2. The van der Waals surface area contributed by atoms with Gasteiger partial charge in [-0.3, -0.25) is 14.3 Å². The molecule has 150 valence electrons. The van der Waals surface area contributed by atoms with Crippen LogP contribution in [0, 0.1) is 0 Å². The molecule has 3 aromatic heterocycles. The molecule has 1 aliphatic rings. The number of carbonyl (C=O) groups excluding carboxylic acids is 1. The Kier molecular flexibility index (Phi) is 4.94. The fourth-order valence-corrected chi connectivity index (χ4v) is 3.93. The molecular weight excluding hydrogens is 404 g/mol. The van der Waals surface area contributed by atoms with Gasteiger partial charge in [-0.05, 0) is 42.5 Å².